The van der Waals surface area contributed by atoms with Gasteiger partial charge in [0.2, 0.25) is 5.91 Å². The van der Waals surface area contributed by atoms with Crippen molar-refractivity contribution in [1.82, 2.24) is 15.1 Å². The van der Waals surface area contributed by atoms with E-state index in [1.165, 1.54) is 12.1 Å². The number of nitrogens with zero attached hydrogens (tertiary/aromatic N) is 2. The molecule has 3 amide bonds. The molecular weight excluding hydrogens is 383 g/mol. The lowest BCUT2D eigenvalue weighted by Crippen LogP contribution is -2.60. The molecule has 7 heteroatoms. The van der Waals surface area contributed by atoms with Crippen LogP contribution < -0.4 is 10.6 Å². The Morgan fingerprint density at radius 2 is 2.00 bits per heavy atom. The zero-order chi connectivity index (χ0) is 21.9. The summed E-state index contributed by atoms with van der Waals surface area (Å²) in [6, 6.07) is 5.53. The second-order valence-corrected chi connectivity index (χ2v) is 9.25. The Bertz CT molecular complexity index is 761. The molecule has 1 spiro atoms. The van der Waals surface area contributed by atoms with Crippen LogP contribution in [0.25, 0.3) is 0 Å². The average Bonchev–Trinajstić information content (AvgIpc) is 2.93. The smallest absolute Gasteiger partial charge is 0.321 e. The number of carbonyl (C=O) groups excluding carboxylic acids is 2. The van der Waals surface area contributed by atoms with E-state index in [9.17, 15) is 14.0 Å². The van der Waals surface area contributed by atoms with Crippen LogP contribution in [0.3, 0.4) is 0 Å². The average molecular weight is 419 g/mol. The van der Waals surface area contributed by atoms with Gasteiger partial charge < -0.3 is 15.1 Å². The van der Waals surface area contributed by atoms with Crippen LogP contribution in [-0.2, 0) is 4.79 Å². The molecule has 2 aliphatic rings. The van der Waals surface area contributed by atoms with Gasteiger partial charge in [0.25, 0.3) is 0 Å². The first kappa shape index (κ1) is 22.5. The normalized spacial score (nSPS) is 22.1. The summed E-state index contributed by atoms with van der Waals surface area (Å²) in [4.78, 5) is 29.6. The molecule has 2 fully saturated rings. The van der Waals surface area contributed by atoms with Crippen molar-refractivity contribution in [3.8, 4) is 0 Å². The Morgan fingerprint density at radius 1 is 1.30 bits per heavy atom. The van der Waals surface area contributed by atoms with Crippen LogP contribution in [0.2, 0.25) is 0 Å². The minimum atomic E-state index is -0.379. The van der Waals surface area contributed by atoms with Crippen molar-refractivity contribution in [2.24, 2.45) is 11.8 Å². The van der Waals surface area contributed by atoms with Crippen molar-refractivity contribution < 1.29 is 14.0 Å². The Balaban J connectivity index is 1.68. The van der Waals surface area contributed by atoms with Crippen molar-refractivity contribution in [2.45, 2.75) is 65.1 Å². The van der Waals surface area contributed by atoms with Crippen LogP contribution in [-0.4, -0.2) is 53.1 Å². The third kappa shape index (κ3) is 4.94. The molecule has 2 aliphatic heterocycles. The second kappa shape index (κ2) is 9.33. The highest BCUT2D eigenvalue weighted by Crippen LogP contribution is 2.35. The zero-order valence-corrected chi connectivity index (χ0v) is 18.6. The van der Waals surface area contributed by atoms with Crippen molar-refractivity contribution in [3.05, 3.63) is 30.1 Å². The quantitative estimate of drug-likeness (QED) is 0.733. The van der Waals surface area contributed by atoms with Crippen LogP contribution in [0.15, 0.2) is 24.3 Å². The van der Waals surface area contributed by atoms with Gasteiger partial charge in [0.1, 0.15) is 5.82 Å². The Kier molecular flexibility index (Phi) is 7.01. The van der Waals surface area contributed by atoms with Gasteiger partial charge in [-0.3, -0.25) is 10.1 Å². The molecule has 0 aliphatic carbocycles. The molecule has 3 rings (SSSR count). The third-order valence-electron chi connectivity index (χ3n) is 6.38. The fraction of sp³-hybridized carbons (Fsp3) is 0.652. The summed E-state index contributed by atoms with van der Waals surface area (Å²) < 4.78 is 13.4. The van der Waals surface area contributed by atoms with Gasteiger partial charge >= 0.3 is 6.03 Å². The Hall–Kier alpha value is -2.15. The van der Waals surface area contributed by atoms with Gasteiger partial charge in [-0.1, -0.05) is 40.2 Å². The topological polar surface area (TPSA) is 64.7 Å². The Labute approximate surface area is 179 Å². The number of anilines is 1. The molecule has 0 unspecified atom stereocenters. The lowest BCUT2D eigenvalue weighted by molar-refractivity contribution is -0.134. The summed E-state index contributed by atoms with van der Waals surface area (Å²) in [6.45, 7) is 10.4. The third-order valence-corrected chi connectivity index (χ3v) is 6.38. The van der Waals surface area contributed by atoms with Crippen molar-refractivity contribution in [1.29, 1.82) is 0 Å². The van der Waals surface area contributed by atoms with E-state index in [4.69, 9.17) is 0 Å². The fourth-order valence-corrected chi connectivity index (χ4v) is 4.46. The monoisotopic (exact) mass is 418 g/mol. The molecule has 1 aromatic carbocycles. The summed E-state index contributed by atoms with van der Waals surface area (Å²) in [5, 5.41) is 6.43. The number of benzene rings is 1. The number of rotatable bonds is 6. The molecular formula is C23H35FN4O2. The number of nitrogens with one attached hydrogen (secondary N) is 2. The van der Waals surface area contributed by atoms with Gasteiger partial charge in [0.15, 0.2) is 0 Å². The highest BCUT2D eigenvalue weighted by atomic mass is 19.1. The molecule has 2 N–H and O–H groups in total. The van der Waals surface area contributed by atoms with Gasteiger partial charge in [0, 0.05) is 38.2 Å². The molecule has 0 radical (unpaired) electrons. The van der Waals surface area contributed by atoms with Crippen LogP contribution >= 0.6 is 0 Å². The summed E-state index contributed by atoms with van der Waals surface area (Å²) >= 11 is 0. The van der Waals surface area contributed by atoms with Crippen molar-refractivity contribution in [3.63, 3.8) is 0 Å². The van der Waals surface area contributed by atoms with E-state index in [0.717, 1.165) is 19.4 Å². The molecule has 30 heavy (non-hydrogen) atoms. The van der Waals surface area contributed by atoms with E-state index in [1.54, 1.807) is 17.0 Å². The van der Waals surface area contributed by atoms with Crippen LogP contribution in [0.5, 0.6) is 0 Å². The zero-order valence-electron chi connectivity index (χ0n) is 18.6. The van der Waals surface area contributed by atoms with Gasteiger partial charge in [-0.15, -0.1) is 0 Å². The largest absolute Gasteiger partial charge is 0.324 e. The number of hydrogen-bond donors (Lipinski definition) is 2. The van der Waals surface area contributed by atoms with E-state index in [0.29, 0.717) is 43.5 Å². The maximum atomic E-state index is 13.4. The molecule has 1 aromatic rings. The first-order valence-corrected chi connectivity index (χ1v) is 11.1. The number of hydrogen-bond acceptors (Lipinski definition) is 3. The number of halogens is 1. The first-order valence-electron chi connectivity index (χ1n) is 11.1. The minimum Gasteiger partial charge on any atom is -0.324 e. The summed E-state index contributed by atoms with van der Waals surface area (Å²) in [6.07, 6.45) is 3.24. The summed E-state index contributed by atoms with van der Waals surface area (Å²) in [5.41, 5.74) is 0.0697. The maximum absolute atomic E-state index is 13.4. The van der Waals surface area contributed by atoms with Gasteiger partial charge in [-0.25, -0.2) is 9.18 Å². The van der Waals surface area contributed by atoms with Crippen LogP contribution in [0.4, 0.5) is 14.9 Å². The first-order chi connectivity index (χ1) is 14.2. The van der Waals surface area contributed by atoms with E-state index in [2.05, 4.69) is 43.2 Å². The van der Waals surface area contributed by atoms with Crippen LogP contribution in [0.1, 0.15) is 53.4 Å². The second-order valence-electron chi connectivity index (χ2n) is 9.25. The van der Waals surface area contributed by atoms with E-state index < -0.39 is 0 Å². The van der Waals surface area contributed by atoms with E-state index in [-0.39, 0.29) is 29.5 Å². The molecule has 0 saturated carbocycles. The molecule has 0 aromatic heterocycles. The number of likely N-dealkylation sites (tertiary alicyclic amines) is 1. The number of piperidine rings is 1. The predicted molar refractivity (Wildman–Crippen MR) is 117 cm³/mol. The molecule has 0 bridgehead atoms. The van der Waals surface area contributed by atoms with Crippen molar-refractivity contribution in [2.75, 3.05) is 25.0 Å². The maximum Gasteiger partial charge on any atom is 0.321 e. The predicted octanol–water partition coefficient (Wildman–Crippen LogP) is 4.04. The number of carbonyl (C=O) groups is 2. The molecule has 166 valence electrons. The summed E-state index contributed by atoms with van der Waals surface area (Å²) in [7, 11) is 0. The number of amides is 3. The SMILES string of the molecule is CC[C@@H](C)CN1C(=O)[C@H](CC(C)C)NC12CCN(C(=O)Nc1cccc(F)c1)CC2. The lowest BCUT2D eigenvalue weighted by atomic mass is 9.94. The van der Waals surface area contributed by atoms with Crippen molar-refractivity contribution >= 4 is 17.6 Å². The highest BCUT2D eigenvalue weighted by molar-refractivity contribution is 5.89. The molecule has 6 nitrogen and oxygen atoms in total. The molecule has 2 heterocycles. The lowest BCUT2D eigenvalue weighted by Gasteiger charge is -2.45. The highest BCUT2D eigenvalue weighted by Gasteiger charge is 2.51. The molecule has 2 atom stereocenters. The standard InChI is InChI=1S/C23H35FN4O2/c1-5-17(4)15-28-21(29)20(13-16(2)3)26-23(28)9-11-27(12-10-23)22(30)25-19-8-6-7-18(24)14-19/h6-8,14,16-17,20,26H,5,9-13,15H2,1-4H3,(H,25,30)/t17-,20+/m1/s1. The van der Waals surface area contributed by atoms with E-state index in [1.807, 2.05) is 0 Å². The summed E-state index contributed by atoms with van der Waals surface area (Å²) in [5.74, 6) is 0.682. The Morgan fingerprint density at radius 3 is 2.60 bits per heavy atom. The minimum absolute atomic E-state index is 0.151. The van der Waals surface area contributed by atoms with E-state index >= 15 is 0 Å². The van der Waals surface area contributed by atoms with Gasteiger partial charge in [-0.2, -0.15) is 0 Å². The molecule has 2 saturated heterocycles. The number of urea groups is 1. The van der Waals surface area contributed by atoms with Gasteiger partial charge in [-0.05, 0) is 36.5 Å². The van der Waals surface area contributed by atoms with Gasteiger partial charge in [0.05, 0.1) is 11.7 Å². The van der Waals surface area contributed by atoms with Crippen LogP contribution in [0, 0.1) is 17.7 Å². The fourth-order valence-electron chi connectivity index (χ4n) is 4.46.